The molecule has 4 N–H and O–H groups in total. The third-order valence-corrected chi connectivity index (χ3v) is 3.93. The number of rotatable bonds is 9. The molecule has 0 bridgehead atoms. The van der Waals surface area contributed by atoms with Gasteiger partial charge in [-0.25, -0.2) is 4.79 Å². The second kappa shape index (κ2) is 11.2. The second-order valence-corrected chi connectivity index (χ2v) is 7.48. The van der Waals surface area contributed by atoms with Crippen molar-refractivity contribution in [1.29, 1.82) is 0 Å². The van der Waals surface area contributed by atoms with E-state index in [1.165, 1.54) is 0 Å². The Morgan fingerprint density at radius 1 is 1.16 bits per heavy atom. The van der Waals surface area contributed by atoms with Crippen LogP contribution in [0.3, 0.4) is 0 Å². The standard InChI is InChI=1S/C18H38N4O3/c1-8-18(9-2,22-16(24)25-17(5,6)7)13-21-15(19-10-3)20-11-14(4)12-23/h14,23H,8-13H2,1-7H3,(H,22,24)(H2,19,20,21). The summed E-state index contributed by atoms with van der Waals surface area (Å²) in [6.07, 6.45) is 1.08. The molecular weight excluding hydrogens is 320 g/mol. The van der Waals surface area contributed by atoms with Crippen molar-refractivity contribution >= 4 is 12.1 Å². The van der Waals surface area contributed by atoms with E-state index in [0.29, 0.717) is 19.0 Å². The Morgan fingerprint density at radius 3 is 2.20 bits per heavy atom. The van der Waals surface area contributed by atoms with Gasteiger partial charge < -0.3 is 25.8 Å². The number of aliphatic hydroxyl groups is 1. The number of carbonyl (C=O) groups is 1. The number of aliphatic imine (C=N–C) groups is 1. The average Bonchev–Trinajstić information content (AvgIpc) is 2.54. The molecule has 0 aliphatic carbocycles. The Kier molecular flexibility index (Phi) is 10.5. The first kappa shape index (κ1) is 23.5. The number of nitrogens with one attached hydrogen (secondary N) is 3. The largest absolute Gasteiger partial charge is 0.444 e. The lowest BCUT2D eigenvalue weighted by Crippen LogP contribution is -2.52. The van der Waals surface area contributed by atoms with Gasteiger partial charge in [0.25, 0.3) is 0 Å². The van der Waals surface area contributed by atoms with Crippen molar-refractivity contribution in [2.45, 2.75) is 72.4 Å². The minimum atomic E-state index is -0.530. The molecule has 7 heteroatoms. The molecule has 148 valence electrons. The molecule has 0 fully saturated rings. The van der Waals surface area contributed by atoms with Crippen LogP contribution in [0.5, 0.6) is 0 Å². The van der Waals surface area contributed by atoms with E-state index in [2.05, 4.69) is 20.9 Å². The van der Waals surface area contributed by atoms with Crippen LogP contribution in [0.25, 0.3) is 0 Å². The Morgan fingerprint density at radius 2 is 1.76 bits per heavy atom. The summed E-state index contributed by atoms with van der Waals surface area (Å²) >= 11 is 0. The highest BCUT2D eigenvalue weighted by molar-refractivity contribution is 5.79. The van der Waals surface area contributed by atoms with Gasteiger partial charge >= 0.3 is 6.09 Å². The van der Waals surface area contributed by atoms with Crippen molar-refractivity contribution in [2.75, 3.05) is 26.2 Å². The molecule has 7 nitrogen and oxygen atoms in total. The van der Waals surface area contributed by atoms with E-state index in [0.717, 1.165) is 19.4 Å². The molecule has 0 aliphatic rings. The van der Waals surface area contributed by atoms with Crippen LogP contribution in [0.4, 0.5) is 4.79 Å². The van der Waals surface area contributed by atoms with Crippen molar-refractivity contribution < 1.29 is 14.6 Å². The summed E-state index contributed by atoms with van der Waals surface area (Å²) in [6, 6.07) is 0. The molecule has 1 atom stereocenters. The van der Waals surface area contributed by atoms with Crippen LogP contribution >= 0.6 is 0 Å². The number of guanidine groups is 1. The van der Waals surface area contributed by atoms with Crippen molar-refractivity contribution in [2.24, 2.45) is 10.9 Å². The molecule has 0 saturated carbocycles. The SMILES string of the molecule is CCNC(=NCC(CC)(CC)NC(=O)OC(C)(C)C)NCC(C)CO. The van der Waals surface area contributed by atoms with Gasteiger partial charge in [0, 0.05) is 19.7 Å². The van der Waals surface area contributed by atoms with Crippen molar-refractivity contribution in [3.8, 4) is 0 Å². The van der Waals surface area contributed by atoms with E-state index in [4.69, 9.17) is 9.84 Å². The lowest BCUT2D eigenvalue weighted by atomic mass is 9.93. The van der Waals surface area contributed by atoms with Gasteiger partial charge in [-0.2, -0.15) is 0 Å². The van der Waals surface area contributed by atoms with Crippen molar-refractivity contribution in [3.63, 3.8) is 0 Å². The lowest BCUT2D eigenvalue weighted by Gasteiger charge is -2.32. The van der Waals surface area contributed by atoms with Crippen molar-refractivity contribution in [1.82, 2.24) is 16.0 Å². The predicted octanol–water partition coefficient (Wildman–Crippen LogP) is 2.25. The molecule has 0 heterocycles. The van der Waals surface area contributed by atoms with Crippen LogP contribution in [0.2, 0.25) is 0 Å². The monoisotopic (exact) mass is 358 g/mol. The van der Waals surface area contributed by atoms with Gasteiger partial charge in [0.05, 0.1) is 12.1 Å². The van der Waals surface area contributed by atoms with Gasteiger partial charge in [0.15, 0.2) is 5.96 Å². The first-order chi connectivity index (χ1) is 11.6. The molecule has 0 aromatic carbocycles. The van der Waals surface area contributed by atoms with E-state index in [1.54, 1.807) is 0 Å². The summed E-state index contributed by atoms with van der Waals surface area (Å²) in [6.45, 7) is 15.5. The van der Waals surface area contributed by atoms with Crippen LogP contribution in [-0.2, 0) is 4.74 Å². The number of nitrogens with zero attached hydrogens (tertiary/aromatic N) is 1. The topological polar surface area (TPSA) is 95.0 Å². The maximum absolute atomic E-state index is 12.2. The molecule has 0 aromatic heterocycles. The van der Waals surface area contributed by atoms with E-state index < -0.39 is 17.2 Å². The minimum Gasteiger partial charge on any atom is -0.444 e. The van der Waals surface area contributed by atoms with E-state index in [9.17, 15) is 4.79 Å². The summed E-state index contributed by atoms with van der Waals surface area (Å²) in [5.74, 6) is 0.825. The Balaban J connectivity index is 5.01. The second-order valence-electron chi connectivity index (χ2n) is 7.48. The number of aliphatic hydroxyl groups excluding tert-OH is 1. The van der Waals surface area contributed by atoms with Crippen molar-refractivity contribution in [3.05, 3.63) is 0 Å². The fourth-order valence-corrected chi connectivity index (χ4v) is 2.12. The quantitative estimate of drug-likeness (QED) is 0.375. The number of carbonyl (C=O) groups excluding carboxylic acids is 1. The lowest BCUT2D eigenvalue weighted by molar-refractivity contribution is 0.0452. The third-order valence-electron chi connectivity index (χ3n) is 3.93. The number of hydrogen-bond donors (Lipinski definition) is 4. The zero-order chi connectivity index (χ0) is 19.5. The molecule has 0 aliphatic heterocycles. The molecule has 0 spiro atoms. The van der Waals surface area contributed by atoms with E-state index >= 15 is 0 Å². The summed E-state index contributed by atoms with van der Waals surface area (Å²) in [7, 11) is 0. The van der Waals surface area contributed by atoms with Crippen LogP contribution in [0.15, 0.2) is 4.99 Å². The van der Waals surface area contributed by atoms with Gasteiger partial charge in [0.1, 0.15) is 5.60 Å². The van der Waals surface area contributed by atoms with Gasteiger partial charge in [-0.05, 0) is 46.5 Å². The maximum Gasteiger partial charge on any atom is 0.408 e. The maximum atomic E-state index is 12.2. The molecule has 1 unspecified atom stereocenters. The third kappa shape index (κ3) is 10.2. The highest BCUT2D eigenvalue weighted by Gasteiger charge is 2.30. The highest BCUT2D eigenvalue weighted by atomic mass is 16.6. The van der Waals surface area contributed by atoms with Gasteiger partial charge in [-0.1, -0.05) is 20.8 Å². The first-order valence-electron chi connectivity index (χ1n) is 9.25. The molecule has 0 rings (SSSR count). The molecule has 1 amide bonds. The number of ether oxygens (including phenoxy) is 1. The molecular formula is C18H38N4O3. The van der Waals surface area contributed by atoms with Crippen LogP contribution < -0.4 is 16.0 Å². The Labute approximate surface area is 153 Å². The molecule has 25 heavy (non-hydrogen) atoms. The highest BCUT2D eigenvalue weighted by Crippen LogP contribution is 2.17. The fourth-order valence-electron chi connectivity index (χ4n) is 2.12. The van der Waals surface area contributed by atoms with Crippen LogP contribution in [-0.4, -0.2) is 54.5 Å². The van der Waals surface area contributed by atoms with Crippen LogP contribution in [0, 0.1) is 5.92 Å². The number of hydrogen-bond acceptors (Lipinski definition) is 4. The summed E-state index contributed by atoms with van der Waals surface area (Å²) in [5.41, 5.74) is -0.981. The first-order valence-corrected chi connectivity index (χ1v) is 9.25. The van der Waals surface area contributed by atoms with Gasteiger partial charge in [-0.3, -0.25) is 4.99 Å². The summed E-state index contributed by atoms with van der Waals surface area (Å²) < 4.78 is 5.39. The predicted molar refractivity (Wildman–Crippen MR) is 103 cm³/mol. The van der Waals surface area contributed by atoms with Gasteiger partial charge in [-0.15, -0.1) is 0 Å². The molecule has 0 saturated heterocycles. The van der Waals surface area contributed by atoms with E-state index in [1.807, 2.05) is 48.5 Å². The zero-order valence-corrected chi connectivity index (χ0v) is 17.0. The van der Waals surface area contributed by atoms with E-state index in [-0.39, 0.29) is 12.5 Å². The summed E-state index contributed by atoms with van der Waals surface area (Å²) in [4.78, 5) is 16.8. The van der Waals surface area contributed by atoms with Crippen LogP contribution in [0.1, 0.15) is 61.3 Å². The minimum absolute atomic E-state index is 0.125. The summed E-state index contributed by atoms with van der Waals surface area (Å²) in [5, 5.41) is 18.5. The Hall–Kier alpha value is -1.50. The molecule has 0 aromatic rings. The normalized spacial score (nSPS) is 14.0. The molecule has 0 radical (unpaired) electrons. The Bertz CT molecular complexity index is 415. The number of alkyl carbamates (subject to hydrolysis) is 1. The zero-order valence-electron chi connectivity index (χ0n) is 17.0. The average molecular weight is 359 g/mol. The number of amides is 1. The van der Waals surface area contributed by atoms with Gasteiger partial charge in [0.2, 0.25) is 0 Å². The fraction of sp³-hybridized carbons (Fsp3) is 0.889. The smallest absolute Gasteiger partial charge is 0.408 e.